The van der Waals surface area contributed by atoms with Crippen molar-refractivity contribution in [1.82, 2.24) is 9.78 Å². The fourth-order valence-electron chi connectivity index (χ4n) is 3.57. The average molecular weight is 284 g/mol. The van der Waals surface area contributed by atoms with E-state index in [1.807, 2.05) is 23.9 Å². The van der Waals surface area contributed by atoms with Crippen molar-refractivity contribution in [2.24, 2.45) is 13.0 Å². The van der Waals surface area contributed by atoms with Gasteiger partial charge in [-0.1, -0.05) is 56.7 Å². The van der Waals surface area contributed by atoms with Gasteiger partial charge in [0.05, 0.1) is 17.6 Å². The molecule has 0 bridgehead atoms. The van der Waals surface area contributed by atoms with Gasteiger partial charge in [0.15, 0.2) is 0 Å². The van der Waals surface area contributed by atoms with E-state index < -0.39 is 0 Å². The number of hydrogen-bond acceptors (Lipinski definition) is 2. The van der Waals surface area contributed by atoms with Gasteiger partial charge in [0.2, 0.25) is 0 Å². The quantitative estimate of drug-likeness (QED) is 0.794. The Balaban J connectivity index is 1.68. The molecule has 112 valence electrons. The summed E-state index contributed by atoms with van der Waals surface area (Å²) in [5, 5.41) is 5.66. The normalized spacial score (nSPS) is 17.0. The number of fused-ring (bicyclic) bond motifs is 1. The van der Waals surface area contributed by atoms with E-state index in [4.69, 9.17) is 0 Å². The highest BCUT2D eigenvalue weighted by Crippen LogP contribution is 2.26. The van der Waals surface area contributed by atoms with Gasteiger partial charge in [-0.05, 0) is 12.0 Å². The molecule has 1 heterocycles. The van der Waals surface area contributed by atoms with Crippen molar-refractivity contribution in [3.05, 3.63) is 30.0 Å². The van der Waals surface area contributed by atoms with Crippen molar-refractivity contribution in [1.29, 1.82) is 0 Å². The highest BCUT2D eigenvalue weighted by molar-refractivity contribution is 5.88. The zero-order valence-electron chi connectivity index (χ0n) is 12.8. The van der Waals surface area contributed by atoms with E-state index in [0.29, 0.717) is 18.1 Å². The number of nitrogens with zero attached hydrogens (tertiary/aromatic N) is 2. The number of aryl methyl sites for hydroxylation is 1. The van der Waals surface area contributed by atoms with E-state index >= 15 is 0 Å². The van der Waals surface area contributed by atoms with Crippen molar-refractivity contribution in [3.8, 4) is 0 Å². The van der Waals surface area contributed by atoms with Gasteiger partial charge in [-0.25, -0.2) is 0 Å². The predicted octanol–water partition coefficient (Wildman–Crippen LogP) is 4.05. The summed E-state index contributed by atoms with van der Waals surface area (Å²) < 4.78 is 1.88. The van der Waals surface area contributed by atoms with Gasteiger partial charge in [0, 0.05) is 18.9 Å². The molecule has 0 N–H and O–H groups in total. The zero-order chi connectivity index (χ0) is 14.7. The summed E-state index contributed by atoms with van der Waals surface area (Å²) in [6.45, 7) is 0. The summed E-state index contributed by atoms with van der Waals surface area (Å²) in [5.74, 6) is 0.959. The fourth-order valence-corrected chi connectivity index (χ4v) is 3.57. The van der Waals surface area contributed by atoms with Crippen LogP contribution in [0.15, 0.2) is 24.3 Å². The Morgan fingerprint density at radius 3 is 2.67 bits per heavy atom. The Hall–Kier alpha value is -1.64. The van der Waals surface area contributed by atoms with E-state index in [1.165, 1.54) is 38.5 Å². The van der Waals surface area contributed by atoms with Gasteiger partial charge in [-0.2, -0.15) is 5.10 Å². The topological polar surface area (TPSA) is 34.9 Å². The van der Waals surface area contributed by atoms with Gasteiger partial charge in [-0.3, -0.25) is 9.48 Å². The molecule has 0 saturated heterocycles. The van der Waals surface area contributed by atoms with Crippen LogP contribution in [0.1, 0.15) is 50.6 Å². The van der Waals surface area contributed by atoms with E-state index in [9.17, 15) is 4.79 Å². The second kappa shape index (κ2) is 6.42. The summed E-state index contributed by atoms with van der Waals surface area (Å²) in [6.07, 6.45) is 8.96. The van der Waals surface area contributed by atoms with E-state index in [1.54, 1.807) is 0 Å². The Morgan fingerprint density at radius 2 is 1.90 bits per heavy atom. The Bertz CT molecular complexity index is 621. The maximum absolute atomic E-state index is 12.4. The predicted molar refractivity (Wildman–Crippen MR) is 85.2 cm³/mol. The monoisotopic (exact) mass is 284 g/mol. The third-order valence-corrected chi connectivity index (χ3v) is 4.69. The van der Waals surface area contributed by atoms with Crippen LogP contribution in [0.25, 0.3) is 10.9 Å². The summed E-state index contributed by atoms with van der Waals surface area (Å²) >= 11 is 0. The van der Waals surface area contributed by atoms with Gasteiger partial charge in [-0.15, -0.1) is 0 Å². The molecule has 0 radical (unpaired) electrons. The summed E-state index contributed by atoms with van der Waals surface area (Å²) in [5.41, 5.74) is 2.04. The molecule has 0 aliphatic heterocycles. The number of hydrogen-bond donors (Lipinski definition) is 0. The van der Waals surface area contributed by atoms with E-state index in [2.05, 4.69) is 17.2 Å². The molecule has 21 heavy (non-hydrogen) atoms. The lowest BCUT2D eigenvalue weighted by Gasteiger charge is -2.12. The molecule has 3 rings (SSSR count). The second-order valence-electron chi connectivity index (χ2n) is 6.36. The number of aromatic nitrogens is 2. The zero-order valence-corrected chi connectivity index (χ0v) is 12.8. The first-order chi connectivity index (χ1) is 10.2. The van der Waals surface area contributed by atoms with Gasteiger partial charge < -0.3 is 0 Å². The number of rotatable bonds is 4. The number of para-hydroxylation sites is 1. The van der Waals surface area contributed by atoms with Crippen LogP contribution in [0, 0.1) is 5.92 Å². The third-order valence-electron chi connectivity index (χ3n) is 4.69. The molecule has 0 amide bonds. The molecule has 1 aromatic heterocycles. The second-order valence-corrected chi connectivity index (χ2v) is 6.36. The summed E-state index contributed by atoms with van der Waals surface area (Å²) in [4.78, 5) is 12.4. The number of Topliss-reactive ketones (excluding diaryl/α,β-unsaturated/α-hetero) is 1. The lowest BCUT2D eigenvalue weighted by molar-refractivity contribution is -0.119. The molecule has 0 atom stereocenters. The maximum atomic E-state index is 12.4. The summed E-state index contributed by atoms with van der Waals surface area (Å²) in [7, 11) is 1.95. The van der Waals surface area contributed by atoms with Crippen LogP contribution in [0.4, 0.5) is 0 Å². The molecule has 0 unspecified atom stereocenters. The first-order valence-corrected chi connectivity index (χ1v) is 8.16. The minimum absolute atomic E-state index is 0.353. The Labute approximate surface area is 126 Å². The highest BCUT2D eigenvalue weighted by Gasteiger charge is 2.18. The molecule has 0 spiro atoms. The van der Waals surface area contributed by atoms with Crippen LogP contribution in [-0.4, -0.2) is 15.6 Å². The SMILES string of the molecule is Cn1nc(CC(=O)CC2CCCCCC2)c2ccccc21. The Kier molecular flexibility index (Phi) is 4.37. The van der Waals surface area contributed by atoms with E-state index in [0.717, 1.165) is 23.0 Å². The van der Waals surface area contributed by atoms with Crippen molar-refractivity contribution >= 4 is 16.7 Å². The van der Waals surface area contributed by atoms with Crippen molar-refractivity contribution in [2.45, 2.75) is 51.4 Å². The lowest BCUT2D eigenvalue weighted by Crippen LogP contribution is -2.11. The fraction of sp³-hybridized carbons (Fsp3) is 0.556. The minimum atomic E-state index is 0.353. The number of carbonyl (C=O) groups is 1. The van der Waals surface area contributed by atoms with Crippen molar-refractivity contribution < 1.29 is 4.79 Å². The lowest BCUT2D eigenvalue weighted by atomic mass is 9.93. The maximum Gasteiger partial charge on any atom is 0.139 e. The number of benzene rings is 1. The smallest absolute Gasteiger partial charge is 0.139 e. The first-order valence-electron chi connectivity index (χ1n) is 8.16. The number of carbonyl (C=O) groups excluding carboxylic acids is 1. The van der Waals surface area contributed by atoms with Crippen LogP contribution in [0.5, 0.6) is 0 Å². The Morgan fingerprint density at radius 1 is 1.19 bits per heavy atom. The van der Waals surface area contributed by atoms with Crippen molar-refractivity contribution in [3.63, 3.8) is 0 Å². The van der Waals surface area contributed by atoms with Crippen LogP contribution < -0.4 is 0 Å². The van der Waals surface area contributed by atoms with Crippen LogP contribution in [-0.2, 0) is 18.3 Å². The standard InChI is InChI=1S/C18H24N2O/c1-20-18-11-7-6-10-16(18)17(19-20)13-15(21)12-14-8-4-2-3-5-9-14/h6-7,10-11,14H,2-5,8-9,12-13H2,1H3. The van der Waals surface area contributed by atoms with Gasteiger partial charge >= 0.3 is 0 Å². The molecule has 1 aliphatic carbocycles. The molecule has 1 fully saturated rings. The van der Waals surface area contributed by atoms with Crippen LogP contribution in [0.3, 0.4) is 0 Å². The average Bonchev–Trinajstić information content (AvgIpc) is 2.67. The molecular weight excluding hydrogens is 260 g/mol. The first kappa shape index (κ1) is 14.3. The van der Waals surface area contributed by atoms with Crippen LogP contribution >= 0.6 is 0 Å². The molecular formula is C18H24N2O. The highest BCUT2D eigenvalue weighted by atomic mass is 16.1. The van der Waals surface area contributed by atoms with Gasteiger partial charge in [0.1, 0.15) is 5.78 Å². The van der Waals surface area contributed by atoms with Gasteiger partial charge in [0.25, 0.3) is 0 Å². The minimum Gasteiger partial charge on any atom is -0.299 e. The number of ketones is 1. The van der Waals surface area contributed by atoms with Crippen LogP contribution in [0.2, 0.25) is 0 Å². The molecule has 3 heteroatoms. The molecule has 1 aliphatic rings. The molecule has 1 saturated carbocycles. The molecule has 1 aromatic carbocycles. The molecule has 2 aromatic rings. The summed E-state index contributed by atoms with van der Waals surface area (Å²) in [6, 6.07) is 8.16. The third kappa shape index (κ3) is 3.34. The largest absolute Gasteiger partial charge is 0.299 e. The van der Waals surface area contributed by atoms with E-state index in [-0.39, 0.29) is 0 Å². The molecule has 3 nitrogen and oxygen atoms in total. The van der Waals surface area contributed by atoms with Crippen molar-refractivity contribution in [2.75, 3.05) is 0 Å².